The van der Waals surface area contributed by atoms with Crippen molar-refractivity contribution in [3.63, 3.8) is 0 Å². The second-order valence-electron chi connectivity index (χ2n) is 3.73. The van der Waals surface area contributed by atoms with E-state index >= 15 is 0 Å². The van der Waals surface area contributed by atoms with Crippen LogP contribution in [0.2, 0.25) is 4.20 Å². The van der Waals surface area contributed by atoms with E-state index in [2.05, 4.69) is 21.8 Å². The molecule has 0 aromatic rings. The van der Waals surface area contributed by atoms with Gasteiger partial charge in [0.15, 0.2) is 0 Å². The average Bonchev–Trinajstić information content (AvgIpc) is 2.14. The number of nitrogens with zero attached hydrogens (tertiary/aromatic N) is 1. The summed E-state index contributed by atoms with van der Waals surface area (Å²) in [7, 11) is 0. The Hall–Kier alpha value is -0.832. The Morgan fingerprint density at radius 2 is 2.25 bits per heavy atom. The number of halogens is 1. The van der Waals surface area contributed by atoms with Gasteiger partial charge in [-0.15, -0.1) is 0 Å². The van der Waals surface area contributed by atoms with E-state index < -0.39 is 16.0 Å². The standard InChI is InChI=1S/C10H16AsFN2O2/c1-7(13)14-6-8(12)4-3-5-10(2,11)9(15)16/h4H,3,5-6H2,1-2H3,(H2,13,14)(H,15,16)/b8-4-/t10-/m0/s1. The van der Waals surface area contributed by atoms with Crippen LogP contribution in [0.5, 0.6) is 0 Å². The molecule has 90 valence electrons. The first-order valence-corrected chi connectivity index (χ1v) is 5.76. The van der Waals surface area contributed by atoms with Crippen LogP contribution in [0.3, 0.4) is 0 Å². The molecule has 0 amide bonds. The quantitative estimate of drug-likeness (QED) is 0.441. The first-order chi connectivity index (χ1) is 7.25. The van der Waals surface area contributed by atoms with Crippen molar-refractivity contribution in [3.05, 3.63) is 11.9 Å². The number of carbonyl (C=O) groups is 1. The number of amidine groups is 1. The van der Waals surface area contributed by atoms with E-state index in [4.69, 9.17) is 10.8 Å². The van der Waals surface area contributed by atoms with Gasteiger partial charge in [-0.1, -0.05) is 0 Å². The number of aliphatic imine (C=N–C) groups is 1. The minimum atomic E-state index is -0.905. The molecule has 0 aromatic heterocycles. The van der Waals surface area contributed by atoms with E-state index in [1.807, 2.05) is 0 Å². The fourth-order valence-corrected chi connectivity index (χ4v) is 1.15. The predicted molar refractivity (Wildman–Crippen MR) is 62.3 cm³/mol. The third kappa shape index (κ3) is 6.62. The van der Waals surface area contributed by atoms with Crippen molar-refractivity contribution >= 4 is 28.7 Å². The summed E-state index contributed by atoms with van der Waals surface area (Å²) in [6, 6.07) is 0. The van der Waals surface area contributed by atoms with Crippen LogP contribution in [0, 0.1) is 0 Å². The van der Waals surface area contributed by atoms with Gasteiger partial charge in [0.25, 0.3) is 0 Å². The molecule has 16 heavy (non-hydrogen) atoms. The zero-order chi connectivity index (χ0) is 12.8. The summed E-state index contributed by atoms with van der Waals surface area (Å²) in [5.74, 6) is -0.971. The van der Waals surface area contributed by atoms with Crippen LogP contribution in [-0.2, 0) is 4.79 Å². The van der Waals surface area contributed by atoms with Gasteiger partial charge >= 0.3 is 103 Å². The Morgan fingerprint density at radius 3 is 2.69 bits per heavy atom. The number of hydrogen-bond acceptors (Lipinski definition) is 2. The second kappa shape index (κ2) is 6.69. The van der Waals surface area contributed by atoms with E-state index in [9.17, 15) is 9.18 Å². The summed E-state index contributed by atoms with van der Waals surface area (Å²) in [6.45, 7) is 3.09. The van der Waals surface area contributed by atoms with E-state index in [1.165, 1.54) is 6.08 Å². The molecule has 4 nitrogen and oxygen atoms in total. The van der Waals surface area contributed by atoms with Gasteiger partial charge in [-0.05, 0) is 0 Å². The molecule has 0 rings (SSSR count). The average molecular weight is 290 g/mol. The molecule has 0 aliphatic carbocycles. The molecular weight excluding hydrogens is 274 g/mol. The molecule has 6 heteroatoms. The van der Waals surface area contributed by atoms with Crippen molar-refractivity contribution in [1.82, 2.24) is 0 Å². The van der Waals surface area contributed by atoms with Crippen molar-refractivity contribution < 1.29 is 14.3 Å². The molecule has 0 bridgehead atoms. The second-order valence-corrected chi connectivity index (χ2v) is 5.80. The summed E-state index contributed by atoms with van der Waals surface area (Å²) < 4.78 is 12.2. The first-order valence-electron chi connectivity index (χ1n) is 4.82. The van der Waals surface area contributed by atoms with Crippen molar-refractivity contribution in [2.24, 2.45) is 10.7 Å². The molecule has 2 radical (unpaired) electrons. The number of hydrogen-bond donors (Lipinski definition) is 2. The van der Waals surface area contributed by atoms with Gasteiger partial charge in [-0.25, -0.2) is 0 Å². The molecular formula is C10H16AsFN2O2. The van der Waals surface area contributed by atoms with Crippen LogP contribution in [0.25, 0.3) is 0 Å². The first kappa shape index (κ1) is 15.2. The van der Waals surface area contributed by atoms with Crippen LogP contribution >= 0.6 is 0 Å². The summed E-state index contributed by atoms with van der Waals surface area (Å²) in [4.78, 5) is 14.4. The van der Waals surface area contributed by atoms with E-state index in [-0.39, 0.29) is 6.54 Å². The third-order valence-electron chi connectivity index (χ3n) is 1.94. The molecule has 0 aliphatic heterocycles. The van der Waals surface area contributed by atoms with E-state index in [0.29, 0.717) is 18.7 Å². The van der Waals surface area contributed by atoms with Gasteiger partial charge in [0.1, 0.15) is 0 Å². The number of aliphatic carboxylic acids is 1. The fourth-order valence-electron chi connectivity index (χ4n) is 0.882. The van der Waals surface area contributed by atoms with Gasteiger partial charge < -0.3 is 0 Å². The summed E-state index contributed by atoms with van der Waals surface area (Å²) in [6.07, 6.45) is 2.07. The van der Waals surface area contributed by atoms with Gasteiger partial charge in [0.2, 0.25) is 0 Å². The van der Waals surface area contributed by atoms with Crippen molar-refractivity contribution in [2.45, 2.75) is 30.9 Å². The van der Waals surface area contributed by atoms with E-state index in [1.54, 1.807) is 13.8 Å². The minimum absolute atomic E-state index is 0.0787. The number of nitrogens with two attached hydrogens (primary N) is 1. The Morgan fingerprint density at radius 1 is 1.69 bits per heavy atom. The molecule has 3 N–H and O–H groups in total. The molecule has 0 saturated heterocycles. The zero-order valence-electron chi connectivity index (χ0n) is 9.40. The monoisotopic (exact) mass is 290 g/mol. The SMILES string of the molecule is CC(N)=NC/C(F)=C/CC[C@](C)([As])C(=O)O. The summed E-state index contributed by atoms with van der Waals surface area (Å²) in [5.41, 5.74) is 5.25. The van der Waals surface area contributed by atoms with Crippen LogP contribution in [0.4, 0.5) is 4.39 Å². The Kier molecular flexibility index (Phi) is 6.34. The van der Waals surface area contributed by atoms with E-state index in [0.717, 1.165) is 0 Å². The summed E-state index contributed by atoms with van der Waals surface area (Å²) >= 11 is 2.10. The molecule has 0 unspecified atom stereocenters. The van der Waals surface area contributed by atoms with Crippen molar-refractivity contribution in [3.8, 4) is 0 Å². The molecule has 1 atom stereocenters. The maximum absolute atomic E-state index is 13.1. The third-order valence-corrected chi connectivity index (χ3v) is 2.81. The number of rotatable bonds is 6. The predicted octanol–water partition coefficient (Wildman–Crippen LogP) is 1.43. The van der Waals surface area contributed by atoms with Crippen molar-refractivity contribution in [2.75, 3.05) is 6.54 Å². The van der Waals surface area contributed by atoms with Gasteiger partial charge in [-0.3, -0.25) is 0 Å². The Balaban J connectivity index is 4.10. The number of carboxylic acid groups (broad SMARTS) is 1. The van der Waals surface area contributed by atoms with Crippen LogP contribution in [0.15, 0.2) is 16.9 Å². The molecule has 0 heterocycles. The Labute approximate surface area is 103 Å². The summed E-state index contributed by atoms with van der Waals surface area (Å²) in [5, 5.41) is 8.81. The number of carboxylic acids is 1. The van der Waals surface area contributed by atoms with Gasteiger partial charge in [0.05, 0.1) is 0 Å². The van der Waals surface area contributed by atoms with Gasteiger partial charge in [-0.2, -0.15) is 0 Å². The van der Waals surface area contributed by atoms with Crippen LogP contribution in [-0.4, -0.2) is 40.3 Å². The van der Waals surface area contributed by atoms with Gasteiger partial charge in [0, 0.05) is 0 Å². The maximum atomic E-state index is 13.1. The fraction of sp³-hybridized carbons (Fsp3) is 0.600. The van der Waals surface area contributed by atoms with Crippen molar-refractivity contribution in [1.29, 1.82) is 0 Å². The Bertz CT molecular complexity index is 310. The van der Waals surface area contributed by atoms with Crippen LogP contribution in [0.1, 0.15) is 26.7 Å². The molecule has 0 saturated carbocycles. The zero-order valence-corrected chi connectivity index (χ0v) is 11.3. The van der Waals surface area contributed by atoms with Crippen LogP contribution < -0.4 is 5.73 Å². The molecule has 0 aliphatic rings. The number of allylic oxidation sites excluding steroid dienone is 1. The molecule has 0 fully saturated rings. The topological polar surface area (TPSA) is 75.7 Å². The molecule has 0 spiro atoms. The molecule has 0 aromatic carbocycles. The normalized spacial score (nSPS) is 17.0.